The van der Waals surface area contributed by atoms with Crippen molar-refractivity contribution in [2.24, 2.45) is 0 Å². The van der Waals surface area contributed by atoms with Gasteiger partial charge in [0.25, 0.3) is 0 Å². The molecule has 1 fully saturated rings. The number of anilines is 1. The minimum Gasteiger partial charge on any atom is -0.338 e. The van der Waals surface area contributed by atoms with Crippen LogP contribution in [-0.2, 0) is 0 Å². The number of halogens is 1. The van der Waals surface area contributed by atoms with Crippen LogP contribution >= 0.6 is 15.9 Å². The average Bonchev–Trinajstić information content (AvgIpc) is 2.87. The number of hydrogen-bond acceptors (Lipinski definition) is 3. The summed E-state index contributed by atoms with van der Waals surface area (Å²) in [6.45, 7) is 1.08. The number of nitrogens with zero attached hydrogens (tertiary/aromatic N) is 3. The molecule has 1 aliphatic heterocycles. The number of benzene rings is 1. The molecule has 1 aliphatic rings. The molecular weight excluding hydrogens is 290 g/mol. The van der Waals surface area contributed by atoms with Crippen molar-refractivity contribution in [1.82, 2.24) is 9.97 Å². The Morgan fingerprint density at radius 2 is 2.22 bits per heavy atom. The molecule has 1 atom stereocenters. The summed E-state index contributed by atoms with van der Waals surface area (Å²) in [6.07, 6.45) is 5.59. The normalized spacial score (nSPS) is 19.6. The van der Waals surface area contributed by atoms with Gasteiger partial charge in [0.05, 0.1) is 5.52 Å². The van der Waals surface area contributed by atoms with Crippen molar-refractivity contribution in [3.63, 3.8) is 0 Å². The van der Waals surface area contributed by atoms with E-state index in [2.05, 4.69) is 42.9 Å². The van der Waals surface area contributed by atoms with Gasteiger partial charge in [0.15, 0.2) is 0 Å². The van der Waals surface area contributed by atoms with Crippen LogP contribution in [0.15, 0.2) is 30.5 Å². The fraction of sp³-hybridized carbons (Fsp3) is 0.429. The first kappa shape index (κ1) is 11.9. The van der Waals surface area contributed by atoms with Gasteiger partial charge < -0.3 is 4.90 Å². The van der Waals surface area contributed by atoms with E-state index in [1.807, 2.05) is 18.3 Å². The molecule has 2 aromatic rings. The number of para-hydroxylation sites is 1. The standard InChI is InChI=1S/C14H16BrN3/c15-8-7-12-5-3-9-18(12)14-16-10-11-4-1-2-6-13(11)17-14/h1-2,4,6,10,12H,3,5,7-9H2. The van der Waals surface area contributed by atoms with Crippen LogP contribution in [0.5, 0.6) is 0 Å². The molecule has 0 bridgehead atoms. The first-order chi connectivity index (χ1) is 8.88. The maximum Gasteiger partial charge on any atom is 0.226 e. The van der Waals surface area contributed by atoms with Crippen molar-refractivity contribution in [3.8, 4) is 0 Å². The third kappa shape index (κ3) is 2.21. The van der Waals surface area contributed by atoms with Gasteiger partial charge >= 0.3 is 0 Å². The monoisotopic (exact) mass is 305 g/mol. The van der Waals surface area contributed by atoms with Crippen LogP contribution in [0.25, 0.3) is 10.9 Å². The van der Waals surface area contributed by atoms with Crippen molar-refractivity contribution in [3.05, 3.63) is 30.5 Å². The van der Waals surface area contributed by atoms with E-state index in [1.54, 1.807) is 0 Å². The van der Waals surface area contributed by atoms with Crippen molar-refractivity contribution in [1.29, 1.82) is 0 Å². The highest BCUT2D eigenvalue weighted by Crippen LogP contribution is 2.26. The van der Waals surface area contributed by atoms with Crippen LogP contribution in [0, 0.1) is 0 Å². The highest BCUT2D eigenvalue weighted by atomic mass is 79.9. The van der Waals surface area contributed by atoms with Gasteiger partial charge in [-0.25, -0.2) is 9.97 Å². The SMILES string of the molecule is BrCCC1CCCN1c1ncc2ccccc2n1. The molecule has 18 heavy (non-hydrogen) atoms. The van der Waals surface area contributed by atoms with Gasteiger partial charge in [0.2, 0.25) is 5.95 Å². The van der Waals surface area contributed by atoms with Crippen molar-refractivity contribution in [2.75, 3.05) is 16.8 Å². The lowest BCUT2D eigenvalue weighted by molar-refractivity contribution is 0.642. The zero-order valence-corrected chi connectivity index (χ0v) is 11.8. The molecule has 0 N–H and O–H groups in total. The third-order valence-electron chi connectivity index (χ3n) is 3.55. The van der Waals surface area contributed by atoms with Gasteiger partial charge in [-0.1, -0.05) is 34.1 Å². The second kappa shape index (κ2) is 5.22. The van der Waals surface area contributed by atoms with E-state index in [1.165, 1.54) is 12.8 Å². The molecule has 0 aliphatic carbocycles. The Kier molecular flexibility index (Phi) is 3.46. The Hall–Kier alpha value is -1.16. The first-order valence-corrected chi connectivity index (χ1v) is 7.55. The number of aromatic nitrogens is 2. The summed E-state index contributed by atoms with van der Waals surface area (Å²) in [7, 11) is 0. The topological polar surface area (TPSA) is 29.0 Å². The summed E-state index contributed by atoms with van der Waals surface area (Å²) in [6, 6.07) is 8.74. The fourth-order valence-electron chi connectivity index (χ4n) is 2.63. The number of rotatable bonds is 3. The molecule has 0 radical (unpaired) electrons. The van der Waals surface area contributed by atoms with Crippen LogP contribution in [0.4, 0.5) is 5.95 Å². The molecular formula is C14H16BrN3. The molecule has 0 amide bonds. The minimum atomic E-state index is 0.588. The quantitative estimate of drug-likeness (QED) is 0.814. The Labute approximate surface area is 115 Å². The molecule has 4 heteroatoms. The number of hydrogen-bond donors (Lipinski definition) is 0. The predicted molar refractivity (Wildman–Crippen MR) is 78.3 cm³/mol. The van der Waals surface area contributed by atoms with Gasteiger partial charge in [-0.2, -0.15) is 0 Å². The Bertz CT molecular complexity index is 543. The largest absolute Gasteiger partial charge is 0.338 e. The Balaban J connectivity index is 1.93. The van der Waals surface area contributed by atoms with Crippen LogP contribution < -0.4 is 4.90 Å². The van der Waals surface area contributed by atoms with Gasteiger partial charge in [-0.3, -0.25) is 0 Å². The van der Waals surface area contributed by atoms with Crippen molar-refractivity contribution < 1.29 is 0 Å². The van der Waals surface area contributed by atoms with Crippen molar-refractivity contribution in [2.45, 2.75) is 25.3 Å². The minimum absolute atomic E-state index is 0.588. The summed E-state index contributed by atoms with van der Waals surface area (Å²) in [5, 5.41) is 2.15. The van der Waals surface area contributed by atoms with E-state index in [-0.39, 0.29) is 0 Å². The predicted octanol–water partition coefficient (Wildman–Crippen LogP) is 3.38. The molecule has 3 rings (SSSR count). The van der Waals surface area contributed by atoms with Gasteiger partial charge in [0.1, 0.15) is 0 Å². The van der Waals surface area contributed by atoms with Crippen LogP contribution in [0.1, 0.15) is 19.3 Å². The summed E-state index contributed by atoms with van der Waals surface area (Å²) >= 11 is 3.53. The first-order valence-electron chi connectivity index (χ1n) is 6.43. The zero-order valence-electron chi connectivity index (χ0n) is 10.2. The summed E-state index contributed by atoms with van der Waals surface area (Å²) in [5.41, 5.74) is 1.03. The number of alkyl halides is 1. The Morgan fingerprint density at radius 3 is 3.11 bits per heavy atom. The molecule has 1 unspecified atom stereocenters. The van der Waals surface area contributed by atoms with E-state index >= 15 is 0 Å². The summed E-state index contributed by atoms with van der Waals surface area (Å²) < 4.78 is 0. The lowest BCUT2D eigenvalue weighted by Gasteiger charge is -2.24. The van der Waals surface area contributed by atoms with E-state index in [9.17, 15) is 0 Å². The zero-order chi connectivity index (χ0) is 12.4. The molecule has 1 saturated heterocycles. The maximum absolute atomic E-state index is 4.69. The molecule has 0 saturated carbocycles. The van der Waals surface area contributed by atoms with E-state index in [0.717, 1.165) is 35.1 Å². The second-order valence-electron chi connectivity index (χ2n) is 4.70. The van der Waals surface area contributed by atoms with Crippen molar-refractivity contribution >= 4 is 32.8 Å². The van der Waals surface area contributed by atoms with Gasteiger partial charge in [-0.15, -0.1) is 0 Å². The summed E-state index contributed by atoms with van der Waals surface area (Å²) in [4.78, 5) is 11.6. The molecule has 1 aromatic heterocycles. The lowest BCUT2D eigenvalue weighted by atomic mass is 10.2. The summed E-state index contributed by atoms with van der Waals surface area (Å²) in [5.74, 6) is 0.886. The van der Waals surface area contributed by atoms with Gasteiger partial charge in [0, 0.05) is 29.5 Å². The second-order valence-corrected chi connectivity index (χ2v) is 5.49. The highest BCUT2D eigenvalue weighted by molar-refractivity contribution is 9.09. The molecule has 2 heterocycles. The Morgan fingerprint density at radius 1 is 1.33 bits per heavy atom. The number of fused-ring (bicyclic) bond motifs is 1. The van der Waals surface area contributed by atoms with E-state index in [0.29, 0.717) is 6.04 Å². The smallest absolute Gasteiger partial charge is 0.226 e. The van der Waals surface area contributed by atoms with E-state index < -0.39 is 0 Å². The lowest BCUT2D eigenvalue weighted by Crippen LogP contribution is -2.31. The van der Waals surface area contributed by atoms with Crippen LogP contribution in [-0.4, -0.2) is 27.9 Å². The molecule has 94 valence electrons. The molecule has 0 spiro atoms. The third-order valence-corrected chi connectivity index (χ3v) is 4.01. The van der Waals surface area contributed by atoms with Crippen LogP contribution in [0.2, 0.25) is 0 Å². The molecule has 3 nitrogen and oxygen atoms in total. The fourth-order valence-corrected chi connectivity index (χ4v) is 3.15. The van der Waals surface area contributed by atoms with E-state index in [4.69, 9.17) is 0 Å². The maximum atomic E-state index is 4.69. The molecule has 1 aromatic carbocycles. The average molecular weight is 306 g/mol. The van der Waals surface area contributed by atoms with Gasteiger partial charge in [-0.05, 0) is 25.3 Å². The highest BCUT2D eigenvalue weighted by Gasteiger charge is 2.25. The van der Waals surface area contributed by atoms with Crippen LogP contribution in [0.3, 0.4) is 0 Å².